The lowest BCUT2D eigenvalue weighted by Crippen LogP contribution is -2.53. The molecule has 2 heterocycles. The number of β-amino-alcohol motifs (C(OH)–C–C–N with tert-alkyl or cyclic N) is 1. The van der Waals surface area contributed by atoms with Crippen molar-refractivity contribution in [1.29, 1.82) is 0 Å². The Balaban J connectivity index is 1.93. The van der Waals surface area contributed by atoms with E-state index in [2.05, 4.69) is 5.32 Å². The number of ether oxygens (including phenoxy) is 1. The van der Waals surface area contributed by atoms with E-state index >= 15 is 0 Å². The molecule has 0 radical (unpaired) electrons. The zero-order valence-corrected chi connectivity index (χ0v) is 9.85. The van der Waals surface area contributed by atoms with Gasteiger partial charge in [-0.05, 0) is 20.3 Å². The fourth-order valence-electron chi connectivity index (χ4n) is 2.48. The third-order valence-corrected chi connectivity index (χ3v) is 3.14. The van der Waals surface area contributed by atoms with Crippen molar-refractivity contribution in [3.05, 3.63) is 0 Å². The molecular weight excluding hydrogens is 208 g/mol. The van der Waals surface area contributed by atoms with E-state index < -0.39 is 0 Å². The summed E-state index contributed by atoms with van der Waals surface area (Å²) in [5, 5.41) is 12.4. The van der Waals surface area contributed by atoms with E-state index in [4.69, 9.17) is 4.74 Å². The molecule has 0 aromatic carbocycles. The first-order valence-electron chi connectivity index (χ1n) is 5.92. The molecule has 2 N–H and O–H groups in total. The van der Waals surface area contributed by atoms with Crippen molar-refractivity contribution in [3.8, 4) is 0 Å². The minimum Gasteiger partial charge on any atom is -0.392 e. The maximum Gasteiger partial charge on any atom is 0.239 e. The van der Waals surface area contributed by atoms with Gasteiger partial charge >= 0.3 is 0 Å². The zero-order chi connectivity index (χ0) is 11.7. The van der Waals surface area contributed by atoms with Gasteiger partial charge in [-0.3, -0.25) is 4.79 Å². The summed E-state index contributed by atoms with van der Waals surface area (Å²) in [6, 6.07) is -0.215. The predicted octanol–water partition coefficient (Wildman–Crippen LogP) is -0.655. The Morgan fingerprint density at radius 2 is 2.00 bits per heavy atom. The molecule has 2 aliphatic heterocycles. The van der Waals surface area contributed by atoms with Gasteiger partial charge in [0.05, 0.1) is 24.4 Å². The van der Waals surface area contributed by atoms with Crippen molar-refractivity contribution in [1.82, 2.24) is 10.2 Å². The first-order valence-corrected chi connectivity index (χ1v) is 5.92. The van der Waals surface area contributed by atoms with E-state index in [1.807, 2.05) is 18.7 Å². The Labute approximate surface area is 95.8 Å². The fraction of sp³-hybridized carbons (Fsp3) is 0.909. The van der Waals surface area contributed by atoms with Crippen LogP contribution in [-0.2, 0) is 9.53 Å². The molecule has 92 valence electrons. The number of amides is 1. The molecule has 0 bridgehead atoms. The van der Waals surface area contributed by atoms with Crippen molar-refractivity contribution in [2.24, 2.45) is 0 Å². The molecule has 5 nitrogen and oxygen atoms in total. The van der Waals surface area contributed by atoms with Crippen LogP contribution in [0.2, 0.25) is 0 Å². The van der Waals surface area contributed by atoms with Crippen molar-refractivity contribution >= 4 is 5.91 Å². The van der Waals surface area contributed by atoms with Gasteiger partial charge in [0.1, 0.15) is 0 Å². The monoisotopic (exact) mass is 228 g/mol. The lowest BCUT2D eigenvalue weighted by Gasteiger charge is -2.36. The average Bonchev–Trinajstić information content (AvgIpc) is 2.62. The normalized spacial score (nSPS) is 40.1. The molecule has 0 aromatic heterocycles. The second-order valence-corrected chi connectivity index (χ2v) is 4.85. The van der Waals surface area contributed by atoms with Gasteiger partial charge in [-0.15, -0.1) is 0 Å². The van der Waals surface area contributed by atoms with Crippen molar-refractivity contribution in [2.75, 3.05) is 19.6 Å². The largest absolute Gasteiger partial charge is 0.392 e. The van der Waals surface area contributed by atoms with Gasteiger partial charge in [0.15, 0.2) is 0 Å². The standard InChI is InChI=1S/C11H20N2O3/c1-7-5-13(6-8(2)16-7)11(15)10-3-9(14)4-12-10/h7-10,12,14H,3-6H2,1-2H3/t7-,8+,9?,10?. The number of carbonyl (C=O) groups excluding carboxylic acids is 1. The summed E-state index contributed by atoms with van der Waals surface area (Å²) in [6.07, 6.45) is 0.335. The van der Waals surface area contributed by atoms with Crippen LogP contribution in [0.5, 0.6) is 0 Å². The molecule has 0 saturated carbocycles. The zero-order valence-electron chi connectivity index (χ0n) is 9.85. The predicted molar refractivity (Wildman–Crippen MR) is 59.0 cm³/mol. The molecule has 16 heavy (non-hydrogen) atoms. The van der Waals surface area contributed by atoms with Gasteiger partial charge < -0.3 is 20.1 Å². The van der Waals surface area contributed by atoms with Crippen LogP contribution in [0.3, 0.4) is 0 Å². The molecular formula is C11H20N2O3. The lowest BCUT2D eigenvalue weighted by atomic mass is 10.1. The van der Waals surface area contributed by atoms with Gasteiger partial charge in [-0.25, -0.2) is 0 Å². The van der Waals surface area contributed by atoms with E-state index in [0.29, 0.717) is 26.1 Å². The number of nitrogens with one attached hydrogen (secondary N) is 1. The molecule has 5 heteroatoms. The minimum absolute atomic E-state index is 0.0959. The SMILES string of the molecule is C[C@@H]1CN(C(=O)C2CC(O)CN2)C[C@H](C)O1. The van der Waals surface area contributed by atoms with Gasteiger partial charge in [0.2, 0.25) is 5.91 Å². The van der Waals surface area contributed by atoms with Crippen molar-refractivity contribution in [2.45, 2.75) is 44.6 Å². The van der Waals surface area contributed by atoms with Crippen LogP contribution < -0.4 is 5.32 Å². The Morgan fingerprint density at radius 1 is 1.38 bits per heavy atom. The van der Waals surface area contributed by atoms with E-state index in [1.54, 1.807) is 0 Å². The molecule has 2 unspecified atom stereocenters. The number of aliphatic hydroxyl groups is 1. The highest BCUT2D eigenvalue weighted by Gasteiger charge is 2.34. The third kappa shape index (κ3) is 2.53. The Morgan fingerprint density at radius 3 is 2.50 bits per heavy atom. The molecule has 2 saturated heterocycles. The number of nitrogens with zero attached hydrogens (tertiary/aromatic N) is 1. The van der Waals surface area contributed by atoms with E-state index in [9.17, 15) is 9.90 Å². The van der Waals surface area contributed by atoms with Crippen LogP contribution in [0.15, 0.2) is 0 Å². The highest BCUT2D eigenvalue weighted by atomic mass is 16.5. The van der Waals surface area contributed by atoms with E-state index in [0.717, 1.165) is 0 Å². The van der Waals surface area contributed by atoms with E-state index in [1.165, 1.54) is 0 Å². The van der Waals surface area contributed by atoms with Crippen LogP contribution in [0.1, 0.15) is 20.3 Å². The van der Waals surface area contributed by atoms with Crippen LogP contribution in [0.4, 0.5) is 0 Å². The summed E-state index contributed by atoms with van der Waals surface area (Å²) in [6.45, 7) is 5.78. The maximum atomic E-state index is 12.1. The smallest absolute Gasteiger partial charge is 0.239 e. The van der Waals surface area contributed by atoms with Crippen LogP contribution in [-0.4, -0.2) is 59.9 Å². The summed E-state index contributed by atoms with van der Waals surface area (Å²) >= 11 is 0. The summed E-state index contributed by atoms with van der Waals surface area (Å²) in [4.78, 5) is 14.0. The van der Waals surface area contributed by atoms with Crippen LogP contribution in [0.25, 0.3) is 0 Å². The molecule has 4 atom stereocenters. The molecule has 0 spiro atoms. The first kappa shape index (κ1) is 11.8. The maximum absolute atomic E-state index is 12.1. The summed E-state index contributed by atoms with van der Waals surface area (Å²) in [7, 11) is 0. The molecule has 2 aliphatic rings. The Hall–Kier alpha value is -0.650. The fourth-order valence-corrected chi connectivity index (χ4v) is 2.48. The number of aliphatic hydroxyl groups excluding tert-OH is 1. The summed E-state index contributed by atoms with van der Waals surface area (Å²) < 4.78 is 5.59. The number of rotatable bonds is 1. The lowest BCUT2D eigenvalue weighted by molar-refractivity contribution is -0.145. The van der Waals surface area contributed by atoms with Crippen molar-refractivity contribution < 1.29 is 14.6 Å². The quantitative estimate of drug-likeness (QED) is 0.626. The molecule has 0 aromatic rings. The second-order valence-electron chi connectivity index (χ2n) is 4.85. The van der Waals surface area contributed by atoms with Gasteiger partial charge in [0, 0.05) is 19.6 Å². The number of hydrogen-bond donors (Lipinski definition) is 2. The highest BCUT2D eigenvalue weighted by Crippen LogP contribution is 2.15. The Kier molecular flexibility index (Phi) is 3.47. The third-order valence-electron chi connectivity index (χ3n) is 3.14. The summed E-state index contributed by atoms with van der Waals surface area (Å²) in [5.74, 6) is 0.0959. The number of morpholine rings is 1. The summed E-state index contributed by atoms with van der Waals surface area (Å²) in [5.41, 5.74) is 0. The molecule has 2 rings (SSSR count). The second kappa shape index (κ2) is 4.69. The Bertz CT molecular complexity index is 262. The average molecular weight is 228 g/mol. The highest BCUT2D eigenvalue weighted by molar-refractivity contribution is 5.82. The van der Waals surface area contributed by atoms with Crippen LogP contribution in [0, 0.1) is 0 Å². The first-order chi connectivity index (χ1) is 7.56. The molecule has 0 aliphatic carbocycles. The number of carbonyl (C=O) groups is 1. The molecule has 1 amide bonds. The number of hydrogen-bond acceptors (Lipinski definition) is 4. The van der Waals surface area contributed by atoms with Gasteiger partial charge in [-0.1, -0.05) is 0 Å². The molecule has 2 fully saturated rings. The van der Waals surface area contributed by atoms with Crippen LogP contribution >= 0.6 is 0 Å². The van der Waals surface area contributed by atoms with Crippen molar-refractivity contribution in [3.63, 3.8) is 0 Å². The minimum atomic E-state index is -0.384. The topological polar surface area (TPSA) is 61.8 Å². The van der Waals surface area contributed by atoms with Gasteiger partial charge in [-0.2, -0.15) is 0 Å². The van der Waals surface area contributed by atoms with Gasteiger partial charge in [0.25, 0.3) is 0 Å². The van der Waals surface area contributed by atoms with E-state index in [-0.39, 0.29) is 30.3 Å².